The lowest BCUT2D eigenvalue weighted by Gasteiger charge is -2.22. The summed E-state index contributed by atoms with van der Waals surface area (Å²) in [6.45, 7) is 4.14. The highest BCUT2D eigenvalue weighted by atomic mass is 16.4. The van der Waals surface area contributed by atoms with E-state index in [0.29, 0.717) is 11.9 Å². The summed E-state index contributed by atoms with van der Waals surface area (Å²) in [6, 6.07) is 25.3. The largest absolute Gasteiger partial charge is 0.403 e. The van der Waals surface area contributed by atoms with Crippen molar-refractivity contribution in [3.8, 4) is 22.6 Å². The minimum atomic E-state index is 0.216. The average molecular weight is 441 g/mol. The molecular formula is C27H28N4O2. The van der Waals surface area contributed by atoms with Crippen LogP contribution in [0.4, 0.5) is 11.7 Å². The van der Waals surface area contributed by atoms with Crippen molar-refractivity contribution in [2.75, 3.05) is 18.5 Å². The van der Waals surface area contributed by atoms with Crippen LogP contribution >= 0.6 is 0 Å². The Morgan fingerprint density at radius 1 is 1.00 bits per heavy atom. The predicted molar refractivity (Wildman–Crippen MR) is 130 cm³/mol. The summed E-state index contributed by atoms with van der Waals surface area (Å²) in [5.41, 5.74) is 6.42. The van der Waals surface area contributed by atoms with Crippen LogP contribution in [-0.4, -0.2) is 39.4 Å². The van der Waals surface area contributed by atoms with Gasteiger partial charge in [-0.3, -0.25) is 4.90 Å². The van der Waals surface area contributed by atoms with Crippen LogP contribution in [0.2, 0.25) is 0 Å². The monoisotopic (exact) mass is 440 g/mol. The Morgan fingerprint density at radius 3 is 2.67 bits per heavy atom. The second kappa shape index (κ2) is 9.57. The van der Waals surface area contributed by atoms with Gasteiger partial charge < -0.3 is 14.8 Å². The van der Waals surface area contributed by atoms with Gasteiger partial charge in [-0.05, 0) is 66.8 Å². The normalized spacial score (nSPS) is 16.2. The topological polar surface area (TPSA) is 74.4 Å². The first-order chi connectivity index (χ1) is 16.2. The number of hydrogen-bond donors (Lipinski definition) is 2. The van der Waals surface area contributed by atoms with E-state index in [1.54, 1.807) is 0 Å². The van der Waals surface area contributed by atoms with Crippen molar-refractivity contribution in [3.05, 3.63) is 83.9 Å². The number of nitrogens with zero attached hydrogens (tertiary/aromatic N) is 3. The van der Waals surface area contributed by atoms with Crippen LogP contribution in [0.15, 0.2) is 77.2 Å². The van der Waals surface area contributed by atoms with Crippen LogP contribution in [0.3, 0.4) is 0 Å². The third kappa shape index (κ3) is 4.67. The smallest absolute Gasteiger partial charge is 0.320 e. The standard InChI is InChI=1S/C27H28N4O2/c1-19-24(21-9-3-2-4-10-21)13-6-14-25(19)26-29-30-27(33-26)28-22-11-5-8-20(16-22)17-31-15-7-12-23(31)18-32/h2-6,8-11,13-14,16,23,32H,7,12,15,17-18H2,1H3,(H,28,30). The quantitative estimate of drug-likeness (QED) is 0.400. The molecule has 0 spiro atoms. The minimum Gasteiger partial charge on any atom is -0.403 e. The van der Waals surface area contributed by atoms with Crippen LogP contribution in [0.25, 0.3) is 22.6 Å². The van der Waals surface area contributed by atoms with Crippen LogP contribution in [0.5, 0.6) is 0 Å². The van der Waals surface area contributed by atoms with Crippen molar-refractivity contribution in [3.63, 3.8) is 0 Å². The van der Waals surface area contributed by atoms with E-state index in [2.05, 4.69) is 57.7 Å². The molecule has 1 fully saturated rings. The summed E-state index contributed by atoms with van der Waals surface area (Å²) in [5.74, 6) is 0.492. The minimum absolute atomic E-state index is 0.216. The maximum atomic E-state index is 9.58. The van der Waals surface area contributed by atoms with Gasteiger partial charge in [-0.2, -0.15) is 0 Å². The highest BCUT2D eigenvalue weighted by Crippen LogP contribution is 2.32. The van der Waals surface area contributed by atoms with E-state index >= 15 is 0 Å². The number of hydrogen-bond acceptors (Lipinski definition) is 6. The Balaban J connectivity index is 1.33. The average Bonchev–Trinajstić information content (AvgIpc) is 3.49. The van der Waals surface area contributed by atoms with Gasteiger partial charge in [0.2, 0.25) is 5.89 Å². The fraction of sp³-hybridized carbons (Fsp3) is 0.259. The predicted octanol–water partition coefficient (Wildman–Crippen LogP) is 5.41. The zero-order chi connectivity index (χ0) is 22.6. The molecule has 0 radical (unpaired) electrons. The van der Waals surface area contributed by atoms with E-state index in [-0.39, 0.29) is 12.6 Å². The Labute approximate surface area is 193 Å². The fourth-order valence-corrected chi connectivity index (χ4v) is 4.60. The van der Waals surface area contributed by atoms with Gasteiger partial charge in [0.25, 0.3) is 0 Å². The molecule has 6 nitrogen and oxygen atoms in total. The number of likely N-dealkylation sites (tertiary alicyclic amines) is 1. The zero-order valence-corrected chi connectivity index (χ0v) is 18.7. The summed E-state index contributed by atoms with van der Waals surface area (Å²) in [7, 11) is 0. The summed E-state index contributed by atoms with van der Waals surface area (Å²) in [6.07, 6.45) is 2.20. The molecule has 5 rings (SSSR count). The van der Waals surface area contributed by atoms with Crippen LogP contribution in [-0.2, 0) is 6.54 Å². The van der Waals surface area contributed by atoms with E-state index < -0.39 is 0 Å². The second-order valence-corrected chi connectivity index (χ2v) is 8.53. The molecular weight excluding hydrogens is 412 g/mol. The Bertz CT molecular complexity index is 1220. The molecule has 33 heavy (non-hydrogen) atoms. The lowest BCUT2D eigenvalue weighted by Crippen LogP contribution is -2.31. The van der Waals surface area contributed by atoms with Crippen molar-refractivity contribution in [1.29, 1.82) is 0 Å². The lowest BCUT2D eigenvalue weighted by atomic mass is 9.96. The summed E-state index contributed by atoms with van der Waals surface area (Å²) in [5, 5.41) is 21.3. The molecule has 6 heteroatoms. The molecule has 1 aromatic heterocycles. The van der Waals surface area contributed by atoms with E-state index in [4.69, 9.17) is 4.42 Å². The Morgan fingerprint density at radius 2 is 1.82 bits per heavy atom. The van der Waals surface area contributed by atoms with Gasteiger partial charge in [0.1, 0.15) is 0 Å². The number of rotatable bonds is 7. The van der Waals surface area contributed by atoms with E-state index in [1.165, 1.54) is 5.56 Å². The highest BCUT2D eigenvalue weighted by molar-refractivity contribution is 5.75. The number of aliphatic hydroxyl groups excluding tert-OH is 1. The SMILES string of the molecule is Cc1c(-c2ccccc2)cccc1-c1nnc(Nc2cccc(CN3CCCC3CO)c2)o1. The van der Waals surface area contributed by atoms with Crippen LogP contribution in [0, 0.1) is 6.92 Å². The number of aromatic nitrogens is 2. The van der Waals surface area contributed by atoms with E-state index in [9.17, 15) is 5.11 Å². The van der Waals surface area contributed by atoms with Gasteiger partial charge in [0.15, 0.2) is 0 Å². The van der Waals surface area contributed by atoms with Gasteiger partial charge in [-0.15, -0.1) is 5.10 Å². The fourth-order valence-electron chi connectivity index (χ4n) is 4.60. The molecule has 1 saturated heterocycles. The van der Waals surface area contributed by atoms with Gasteiger partial charge in [0, 0.05) is 23.8 Å². The van der Waals surface area contributed by atoms with Crippen LogP contribution < -0.4 is 5.32 Å². The molecule has 0 amide bonds. The summed E-state index contributed by atoms with van der Waals surface area (Å²) >= 11 is 0. The Kier molecular flexibility index (Phi) is 6.19. The molecule has 4 aromatic rings. The maximum Gasteiger partial charge on any atom is 0.320 e. The lowest BCUT2D eigenvalue weighted by molar-refractivity contribution is 0.153. The van der Waals surface area contributed by atoms with Gasteiger partial charge in [-0.1, -0.05) is 59.7 Å². The number of anilines is 2. The van der Waals surface area contributed by atoms with Gasteiger partial charge >= 0.3 is 6.01 Å². The van der Waals surface area contributed by atoms with Crippen molar-refractivity contribution < 1.29 is 9.52 Å². The van der Waals surface area contributed by atoms with Crippen molar-refractivity contribution >= 4 is 11.7 Å². The Hall–Kier alpha value is -3.48. The van der Waals surface area contributed by atoms with E-state index in [0.717, 1.165) is 53.9 Å². The first-order valence-electron chi connectivity index (χ1n) is 11.4. The molecule has 1 aliphatic rings. The number of aliphatic hydroxyl groups is 1. The van der Waals surface area contributed by atoms with Gasteiger partial charge in [0.05, 0.1) is 6.61 Å². The third-order valence-corrected chi connectivity index (χ3v) is 6.35. The summed E-state index contributed by atoms with van der Waals surface area (Å²) < 4.78 is 5.98. The van der Waals surface area contributed by atoms with Crippen molar-refractivity contribution in [1.82, 2.24) is 15.1 Å². The first-order valence-corrected chi connectivity index (χ1v) is 11.4. The summed E-state index contributed by atoms with van der Waals surface area (Å²) in [4.78, 5) is 2.34. The molecule has 1 aliphatic heterocycles. The molecule has 2 heterocycles. The zero-order valence-electron chi connectivity index (χ0n) is 18.7. The van der Waals surface area contributed by atoms with Crippen LogP contribution in [0.1, 0.15) is 24.0 Å². The van der Waals surface area contributed by atoms with Gasteiger partial charge in [-0.25, -0.2) is 0 Å². The highest BCUT2D eigenvalue weighted by Gasteiger charge is 2.23. The molecule has 2 N–H and O–H groups in total. The van der Waals surface area contributed by atoms with E-state index in [1.807, 2.05) is 42.5 Å². The molecule has 1 unspecified atom stereocenters. The molecule has 168 valence electrons. The number of nitrogens with one attached hydrogen (secondary N) is 1. The molecule has 1 atom stereocenters. The maximum absolute atomic E-state index is 9.58. The van der Waals surface area contributed by atoms with Crippen molar-refractivity contribution in [2.45, 2.75) is 32.4 Å². The first kappa shape index (κ1) is 21.4. The molecule has 0 saturated carbocycles. The molecule has 0 aliphatic carbocycles. The molecule has 3 aromatic carbocycles. The third-order valence-electron chi connectivity index (χ3n) is 6.35. The van der Waals surface area contributed by atoms with Crippen molar-refractivity contribution in [2.24, 2.45) is 0 Å². The second-order valence-electron chi connectivity index (χ2n) is 8.53. The molecule has 0 bridgehead atoms. The number of benzene rings is 3.